The molecule has 5 rings (SSSR count). The van der Waals surface area contributed by atoms with Crippen molar-refractivity contribution in [3.8, 4) is 22.9 Å². The molecule has 0 bridgehead atoms. The minimum atomic E-state index is -1.23. The maximum atomic E-state index is 12.2. The number of nitrogens with zero attached hydrogens (tertiary/aromatic N) is 5. The van der Waals surface area contributed by atoms with E-state index in [1.54, 1.807) is 12.1 Å². The summed E-state index contributed by atoms with van der Waals surface area (Å²) in [6.07, 6.45) is 4.75. The fraction of sp³-hybridized carbons (Fsp3) is 0.364. The van der Waals surface area contributed by atoms with Gasteiger partial charge in [0.2, 0.25) is 11.8 Å². The van der Waals surface area contributed by atoms with Gasteiger partial charge in [-0.15, -0.1) is 0 Å². The van der Waals surface area contributed by atoms with Crippen LogP contribution in [0.5, 0.6) is 11.6 Å². The number of nitrogens with one attached hydrogen (secondary N) is 1. The number of carbonyl (C=O) groups is 1. The molecule has 232 valence electrons. The SMILES string of the molecule is CN1CCN(c2ccc(-c3cc4c(Oc5cccc(NC(=O)/C=C/CBr)c5)ncnc4n3COCC[Si](C)(C)C)cc2)CC1. The second kappa shape index (κ2) is 14.5. The van der Waals surface area contributed by atoms with Gasteiger partial charge in [-0.05, 0) is 49.0 Å². The number of fused-ring (bicyclic) bond motifs is 1. The highest BCUT2D eigenvalue weighted by molar-refractivity contribution is 9.09. The van der Waals surface area contributed by atoms with Gasteiger partial charge in [0, 0.05) is 69.7 Å². The van der Waals surface area contributed by atoms with Crippen LogP contribution in [0.15, 0.2) is 73.1 Å². The van der Waals surface area contributed by atoms with Crippen molar-refractivity contribution < 1.29 is 14.3 Å². The average Bonchev–Trinajstić information content (AvgIpc) is 3.38. The Morgan fingerprint density at radius 2 is 1.82 bits per heavy atom. The van der Waals surface area contributed by atoms with Crippen molar-refractivity contribution in [3.05, 3.63) is 73.1 Å². The number of aromatic nitrogens is 3. The summed E-state index contributed by atoms with van der Waals surface area (Å²) >= 11 is 3.29. The third-order valence-corrected chi connectivity index (χ3v) is 9.65. The molecule has 2 aromatic heterocycles. The lowest BCUT2D eigenvalue weighted by Gasteiger charge is -2.34. The van der Waals surface area contributed by atoms with Crippen molar-refractivity contribution in [1.82, 2.24) is 19.4 Å². The van der Waals surface area contributed by atoms with Gasteiger partial charge in [0.1, 0.15) is 24.5 Å². The first-order chi connectivity index (χ1) is 21.2. The van der Waals surface area contributed by atoms with Gasteiger partial charge in [-0.2, -0.15) is 0 Å². The third-order valence-electron chi connectivity index (χ3n) is 7.58. The molecule has 0 radical (unpaired) electrons. The third kappa shape index (κ3) is 8.35. The van der Waals surface area contributed by atoms with Gasteiger partial charge in [-0.3, -0.25) is 4.79 Å². The molecule has 1 aliphatic heterocycles. The Labute approximate surface area is 269 Å². The average molecular weight is 678 g/mol. The zero-order valence-electron chi connectivity index (χ0n) is 25.9. The molecule has 1 aliphatic rings. The molecule has 4 aromatic rings. The first kappa shape index (κ1) is 31.9. The number of halogens is 1. The summed E-state index contributed by atoms with van der Waals surface area (Å²) in [7, 11) is 0.940. The molecule has 0 unspecified atom stereocenters. The van der Waals surface area contributed by atoms with Crippen LogP contribution >= 0.6 is 15.9 Å². The summed E-state index contributed by atoms with van der Waals surface area (Å²) < 4.78 is 14.6. The number of anilines is 2. The van der Waals surface area contributed by atoms with Crippen molar-refractivity contribution in [3.63, 3.8) is 0 Å². The van der Waals surface area contributed by atoms with Crippen LogP contribution < -0.4 is 15.0 Å². The van der Waals surface area contributed by atoms with E-state index in [1.807, 2.05) is 18.2 Å². The van der Waals surface area contributed by atoms with Crippen molar-refractivity contribution in [2.75, 3.05) is 55.4 Å². The summed E-state index contributed by atoms with van der Waals surface area (Å²) in [6, 6.07) is 19.2. The lowest BCUT2D eigenvalue weighted by molar-refractivity contribution is -0.111. The van der Waals surface area contributed by atoms with Crippen LogP contribution in [0.4, 0.5) is 11.4 Å². The summed E-state index contributed by atoms with van der Waals surface area (Å²) in [5.41, 5.74) is 4.66. The second-order valence-electron chi connectivity index (χ2n) is 12.2. The van der Waals surface area contributed by atoms with Gasteiger partial charge in [0.15, 0.2) is 0 Å². The second-order valence-corrected chi connectivity index (χ2v) is 18.5. The maximum absolute atomic E-state index is 12.2. The van der Waals surface area contributed by atoms with E-state index in [0.717, 1.165) is 54.5 Å². The molecule has 0 saturated carbocycles. The summed E-state index contributed by atoms with van der Waals surface area (Å²) in [6.45, 7) is 12.3. The number of allylic oxidation sites excluding steroid dienone is 1. The molecule has 1 N–H and O–H groups in total. The van der Waals surface area contributed by atoms with Gasteiger partial charge >= 0.3 is 0 Å². The molecular weight excluding hydrogens is 636 g/mol. The number of ether oxygens (including phenoxy) is 2. The van der Waals surface area contributed by atoms with Crippen LogP contribution in [0.3, 0.4) is 0 Å². The Kier molecular flexibility index (Phi) is 10.5. The van der Waals surface area contributed by atoms with Crippen LogP contribution in [-0.4, -0.2) is 78.6 Å². The van der Waals surface area contributed by atoms with Gasteiger partial charge in [-0.25, -0.2) is 9.97 Å². The Morgan fingerprint density at radius 3 is 2.55 bits per heavy atom. The number of amides is 1. The minimum absolute atomic E-state index is 0.208. The van der Waals surface area contributed by atoms with Crippen LogP contribution in [-0.2, 0) is 16.3 Å². The zero-order chi connectivity index (χ0) is 31.1. The van der Waals surface area contributed by atoms with Crippen LogP contribution in [0.2, 0.25) is 25.7 Å². The van der Waals surface area contributed by atoms with E-state index in [2.05, 4.69) is 103 Å². The van der Waals surface area contributed by atoms with E-state index < -0.39 is 8.07 Å². The van der Waals surface area contributed by atoms with Gasteiger partial charge < -0.3 is 29.2 Å². The molecule has 44 heavy (non-hydrogen) atoms. The number of rotatable bonds is 12. The molecule has 0 spiro atoms. The molecule has 9 nitrogen and oxygen atoms in total. The van der Waals surface area contributed by atoms with E-state index in [9.17, 15) is 4.79 Å². The molecule has 0 aliphatic carbocycles. The first-order valence-electron chi connectivity index (χ1n) is 15.0. The molecule has 1 amide bonds. The fourth-order valence-electron chi connectivity index (χ4n) is 5.02. The smallest absolute Gasteiger partial charge is 0.248 e. The predicted molar refractivity (Wildman–Crippen MR) is 185 cm³/mol. The summed E-state index contributed by atoms with van der Waals surface area (Å²) in [5, 5.41) is 4.26. The van der Waals surface area contributed by atoms with E-state index in [-0.39, 0.29) is 5.91 Å². The van der Waals surface area contributed by atoms with Crippen LogP contribution in [0.25, 0.3) is 22.3 Å². The quantitative estimate of drug-likeness (QED) is 0.0761. The van der Waals surface area contributed by atoms with Gasteiger partial charge in [0.25, 0.3) is 0 Å². The minimum Gasteiger partial charge on any atom is -0.438 e. The topological polar surface area (TPSA) is 84.8 Å². The number of alkyl halides is 1. The highest BCUT2D eigenvalue weighted by atomic mass is 79.9. The number of carbonyl (C=O) groups excluding carboxylic acids is 1. The largest absolute Gasteiger partial charge is 0.438 e. The van der Waals surface area contributed by atoms with E-state index in [0.29, 0.717) is 36.0 Å². The van der Waals surface area contributed by atoms with Crippen LogP contribution in [0.1, 0.15) is 0 Å². The predicted octanol–water partition coefficient (Wildman–Crippen LogP) is 6.84. The Bertz CT molecular complexity index is 1590. The monoisotopic (exact) mass is 676 g/mol. The van der Waals surface area contributed by atoms with Gasteiger partial charge in [-0.1, -0.05) is 59.8 Å². The summed E-state index contributed by atoms with van der Waals surface area (Å²) in [5.74, 6) is 0.791. The van der Waals surface area contributed by atoms with Crippen LogP contribution in [0, 0.1) is 0 Å². The number of likely N-dealkylation sites (N-methyl/N-ethyl adjacent to an activating group) is 1. The number of hydrogen-bond acceptors (Lipinski definition) is 7. The number of piperazine rings is 1. The lowest BCUT2D eigenvalue weighted by Crippen LogP contribution is -2.44. The standard InChI is InChI=1S/C33H41BrN6O3Si/c1-38-15-17-39(18-16-38)27-12-10-25(11-13-27)30-22-29-32(40(30)24-42-19-20-44(2,3)4)35-23-36-33(29)43-28-8-5-7-26(21-28)37-31(41)9-6-14-34/h5-13,21-23H,14-20,24H2,1-4H3,(H,37,41)/b9-6+. The normalized spacial score (nSPS) is 14.4. The highest BCUT2D eigenvalue weighted by Gasteiger charge is 2.19. The molecule has 3 heterocycles. The van der Waals surface area contributed by atoms with E-state index in [1.165, 1.54) is 18.1 Å². The Balaban J connectivity index is 1.44. The van der Waals surface area contributed by atoms with E-state index >= 15 is 0 Å². The van der Waals surface area contributed by atoms with E-state index in [4.69, 9.17) is 9.47 Å². The molecule has 11 heteroatoms. The highest BCUT2D eigenvalue weighted by Crippen LogP contribution is 2.35. The summed E-state index contributed by atoms with van der Waals surface area (Å²) in [4.78, 5) is 26.1. The van der Waals surface area contributed by atoms with Crippen molar-refractivity contribution in [2.45, 2.75) is 32.4 Å². The molecule has 2 aromatic carbocycles. The number of hydrogen-bond donors (Lipinski definition) is 1. The molecule has 0 atom stereocenters. The molecule has 1 fully saturated rings. The Hall–Kier alpha value is -3.51. The Morgan fingerprint density at radius 1 is 1.05 bits per heavy atom. The maximum Gasteiger partial charge on any atom is 0.248 e. The zero-order valence-corrected chi connectivity index (χ0v) is 28.5. The van der Waals surface area contributed by atoms with Crippen molar-refractivity contribution in [1.29, 1.82) is 0 Å². The molecule has 1 saturated heterocycles. The number of benzene rings is 2. The molecular formula is C33H41BrN6O3Si. The van der Waals surface area contributed by atoms with Gasteiger partial charge in [0.05, 0.1) is 11.1 Å². The fourth-order valence-corrected chi connectivity index (χ4v) is 5.96. The first-order valence-corrected chi connectivity index (χ1v) is 19.8. The lowest BCUT2D eigenvalue weighted by atomic mass is 10.1. The van der Waals surface area contributed by atoms with Crippen molar-refractivity contribution >= 4 is 52.3 Å². The van der Waals surface area contributed by atoms with Crippen molar-refractivity contribution in [2.24, 2.45) is 0 Å².